The van der Waals surface area contributed by atoms with Gasteiger partial charge in [-0.15, -0.1) is 0 Å². The molecule has 0 saturated carbocycles. The number of nitrogens with one attached hydrogen (secondary N) is 1. The Morgan fingerprint density at radius 1 is 1.26 bits per heavy atom. The molecule has 0 aliphatic carbocycles. The molecule has 0 bridgehead atoms. The minimum atomic E-state index is -1.27. The van der Waals surface area contributed by atoms with Crippen LogP contribution in [0.4, 0.5) is 0 Å². The van der Waals surface area contributed by atoms with Crippen molar-refractivity contribution in [1.29, 1.82) is 5.26 Å². The number of benzene rings is 1. The van der Waals surface area contributed by atoms with Crippen molar-refractivity contribution >= 4 is 11.9 Å². The Balaban J connectivity index is 2.05. The maximum absolute atomic E-state index is 12.8. The number of amides is 1. The maximum atomic E-state index is 12.8. The number of rotatable bonds is 5. The SMILES string of the molecule is N#Cc1ccc(Cn2c3c(c(O)c(C(=O)NCC(=O)O)c2=O)COC3)cc1. The minimum Gasteiger partial charge on any atom is -0.506 e. The highest BCUT2D eigenvalue weighted by Crippen LogP contribution is 2.30. The molecule has 2 heterocycles. The Labute approximate surface area is 153 Å². The Morgan fingerprint density at radius 2 is 1.96 bits per heavy atom. The number of carboxylic acids is 1. The quantitative estimate of drug-likeness (QED) is 0.689. The van der Waals surface area contributed by atoms with Crippen LogP contribution in [0, 0.1) is 11.3 Å². The second kappa shape index (κ2) is 7.31. The van der Waals surface area contributed by atoms with Crippen LogP contribution < -0.4 is 10.9 Å². The summed E-state index contributed by atoms with van der Waals surface area (Å²) in [5.41, 5.74) is 0.699. The van der Waals surface area contributed by atoms with Crippen molar-refractivity contribution in [2.45, 2.75) is 19.8 Å². The first kappa shape index (κ1) is 18.2. The van der Waals surface area contributed by atoms with E-state index in [1.165, 1.54) is 4.57 Å². The molecule has 3 N–H and O–H groups in total. The lowest BCUT2D eigenvalue weighted by atomic mass is 10.1. The van der Waals surface area contributed by atoms with E-state index in [1.54, 1.807) is 24.3 Å². The number of nitrogens with zero attached hydrogens (tertiary/aromatic N) is 2. The molecule has 0 atom stereocenters. The lowest BCUT2D eigenvalue weighted by Crippen LogP contribution is -2.37. The molecule has 1 aliphatic heterocycles. The van der Waals surface area contributed by atoms with E-state index in [9.17, 15) is 19.5 Å². The molecular formula is C18H15N3O6. The van der Waals surface area contributed by atoms with Gasteiger partial charge in [0, 0.05) is 5.56 Å². The molecule has 0 unspecified atom stereocenters. The van der Waals surface area contributed by atoms with Crippen LogP contribution in [0.3, 0.4) is 0 Å². The monoisotopic (exact) mass is 369 g/mol. The zero-order valence-electron chi connectivity index (χ0n) is 14.1. The van der Waals surface area contributed by atoms with Crippen LogP contribution in [0.5, 0.6) is 5.75 Å². The zero-order chi connectivity index (χ0) is 19.6. The van der Waals surface area contributed by atoms with Crippen molar-refractivity contribution in [2.75, 3.05) is 6.54 Å². The molecule has 1 aromatic carbocycles. The van der Waals surface area contributed by atoms with Crippen LogP contribution in [0.25, 0.3) is 0 Å². The van der Waals surface area contributed by atoms with Crippen LogP contribution in [-0.2, 0) is 29.3 Å². The molecule has 9 nitrogen and oxygen atoms in total. The number of carbonyl (C=O) groups is 2. The summed E-state index contributed by atoms with van der Waals surface area (Å²) in [7, 11) is 0. The molecule has 1 aliphatic rings. The summed E-state index contributed by atoms with van der Waals surface area (Å²) in [6, 6.07) is 8.59. The van der Waals surface area contributed by atoms with Crippen LogP contribution in [0.1, 0.15) is 32.7 Å². The highest BCUT2D eigenvalue weighted by atomic mass is 16.5. The molecule has 1 amide bonds. The molecule has 3 rings (SSSR count). The number of aromatic nitrogens is 1. The van der Waals surface area contributed by atoms with Crippen molar-refractivity contribution in [2.24, 2.45) is 0 Å². The number of aromatic hydroxyl groups is 1. The smallest absolute Gasteiger partial charge is 0.322 e. The molecule has 0 fully saturated rings. The normalized spacial score (nSPS) is 12.3. The topological polar surface area (TPSA) is 142 Å². The van der Waals surface area contributed by atoms with E-state index in [0.29, 0.717) is 22.4 Å². The van der Waals surface area contributed by atoms with Gasteiger partial charge in [-0.3, -0.25) is 14.4 Å². The number of carboxylic acid groups (broad SMARTS) is 1. The number of fused-ring (bicyclic) bond motifs is 1. The third-order valence-electron chi connectivity index (χ3n) is 4.19. The molecule has 1 aromatic heterocycles. The summed E-state index contributed by atoms with van der Waals surface area (Å²) in [6.07, 6.45) is 0. The number of nitriles is 1. The maximum Gasteiger partial charge on any atom is 0.322 e. The summed E-state index contributed by atoms with van der Waals surface area (Å²) in [5.74, 6) is -2.74. The van der Waals surface area contributed by atoms with Crippen molar-refractivity contribution in [1.82, 2.24) is 9.88 Å². The highest BCUT2D eigenvalue weighted by molar-refractivity contribution is 5.98. The second-order valence-electron chi connectivity index (χ2n) is 5.92. The first-order valence-corrected chi connectivity index (χ1v) is 7.96. The van der Waals surface area contributed by atoms with Gasteiger partial charge in [-0.1, -0.05) is 12.1 Å². The van der Waals surface area contributed by atoms with Crippen LogP contribution in [-0.4, -0.2) is 33.2 Å². The Morgan fingerprint density at radius 3 is 2.59 bits per heavy atom. The predicted octanol–water partition coefficient (Wildman–Crippen LogP) is 0.318. The summed E-state index contributed by atoms with van der Waals surface area (Å²) < 4.78 is 6.63. The molecule has 0 spiro atoms. The van der Waals surface area contributed by atoms with Crippen molar-refractivity contribution in [3.8, 4) is 11.8 Å². The van der Waals surface area contributed by atoms with E-state index in [-0.39, 0.29) is 19.8 Å². The van der Waals surface area contributed by atoms with Gasteiger partial charge in [0.05, 0.1) is 37.1 Å². The first-order chi connectivity index (χ1) is 12.9. The molecule has 9 heteroatoms. The molecule has 0 saturated heterocycles. The van der Waals surface area contributed by atoms with Gasteiger partial charge in [0.1, 0.15) is 17.9 Å². The fourth-order valence-electron chi connectivity index (χ4n) is 2.86. The Bertz CT molecular complexity index is 1020. The van der Waals surface area contributed by atoms with Crippen molar-refractivity contribution in [3.05, 3.63) is 62.6 Å². The number of carbonyl (C=O) groups excluding carboxylic acids is 1. The van der Waals surface area contributed by atoms with E-state index in [0.717, 1.165) is 0 Å². The van der Waals surface area contributed by atoms with Crippen molar-refractivity contribution in [3.63, 3.8) is 0 Å². The molecule has 2 aromatic rings. The number of hydrogen-bond acceptors (Lipinski definition) is 6. The van der Waals surface area contributed by atoms with Crippen LogP contribution >= 0.6 is 0 Å². The van der Waals surface area contributed by atoms with E-state index >= 15 is 0 Å². The van der Waals surface area contributed by atoms with Crippen LogP contribution in [0.15, 0.2) is 29.1 Å². The Kier molecular flexibility index (Phi) is 4.92. The van der Waals surface area contributed by atoms with Gasteiger partial charge in [0.25, 0.3) is 11.5 Å². The average molecular weight is 369 g/mol. The number of pyridine rings is 1. The van der Waals surface area contributed by atoms with Gasteiger partial charge >= 0.3 is 5.97 Å². The lowest BCUT2D eigenvalue weighted by molar-refractivity contribution is -0.135. The second-order valence-corrected chi connectivity index (χ2v) is 5.92. The predicted molar refractivity (Wildman–Crippen MR) is 91.1 cm³/mol. The summed E-state index contributed by atoms with van der Waals surface area (Å²) >= 11 is 0. The zero-order valence-corrected chi connectivity index (χ0v) is 14.1. The van der Waals surface area contributed by atoms with E-state index in [2.05, 4.69) is 5.32 Å². The summed E-state index contributed by atoms with van der Waals surface area (Å²) in [4.78, 5) is 35.8. The first-order valence-electron chi connectivity index (χ1n) is 7.96. The van der Waals surface area contributed by atoms with Gasteiger partial charge in [-0.05, 0) is 17.7 Å². The van der Waals surface area contributed by atoms with Crippen LogP contribution in [0.2, 0.25) is 0 Å². The fraction of sp³-hybridized carbons (Fsp3) is 0.222. The third kappa shape index (κ3) is 3.51. The van der Waals surface area contributed by atoms with E-state index in [1.807, 2.05) is 6.07 Å². The van der Waals surface area contributed by atoms with Gasteiger partial charge in [-0.2, -0.15) is 5.26 Å². The number of ether oxygens (including phenoxy) is 1. The lowest BCUT2D eigenvalue weighted by Gasteiger charge is -2.15. The van der Waals surface area contributed by atoms with E-state index in [4.69, 9.17) is 15.1 Å². The molecule has 27 heavy (non-hydrogen) atoms. The largest absolute Gasteiger partial charge is 0.506 e. The van der Waals surface area contributed by atoms with E-state index < -0.39 is 35.3 Å². The molecule has 0 radical (unpaired) electrons. The van der Waals surface area contributed by atoms with Gasteiger partial charge in [0.2, 0.25) is 0 Å². The minimum absolute atomic E-state index is 0.0357. The number of aliphatic carboxylic acids is 1. The standard InChI is InChI=1S/C18H15N3O6/c19-5-10-1-3-11(4-2-10)7-21-13-9-27-8-12(13)16(24)15(18(21)26)17(25)20-6-14(22)23/h1-4,24H,6-9H2,(H,20,25)(H,22,23). The van der Waals surface area contributed by atoms with Gasteiger partial charge in [-0.25, -0.2) is 0 Å². The van der Waals surface area contributed by atoms with Crippen molar-refractivity contribution < 1.29 is 24.5 Å². The summed E-state index contributed by atoms with van der Waals surface area (Å²) in [6.45, 7) is -0.434. The fourth-order valence-corrected chi connectivity index (χ4v) is 2.86. The third-order valence-corrected chi connectivity index (χ3v) is 4.19. The highest BCUT2D eigenvalue weighted by Gasteiger charge is 2.29. The van der Waals surface area contributed by atoms with Gasteiger partial charge < -0.3 is 24.8 Å². The van der Waals surface area contributed by atoms with Gasteiger partial charge in [0.15, 0.2) is 0 Å². The molecule has 138 valence electrons. The number of hydrogen-bond donors (Lipinski definition) is 3. The summed E-state index contributed by atoms with van der Waals surface area (Å²) in [5, 5.41) is 30.0. The molecular weight excluding hydrogens is 354 g/mol. The average Bonchev–Trinajstić information content (AvgIpc) is 3.14. The Hall–Kier alpha value is -3.64.